The zero-order chi connectivity index (χ0) is 17.6. The molecule has 0 bridgehead atoms. The normalized spacial score (nSPS) is 12.5. The fourth-order valence-electron chi connectivity index (χ4n) is 2.22. The number of carboxylic acids is 1. The zero-order valence-electron chi connectivity index (χ0n) is 13.2. The summed E-state index contributed by atoms with van der Waals surface area (Å²) < 4.78 is 32.8. The van der Waals surface area contributed by atoms with Gasteiger partial charge in [0.05, 0.1) is 24.0 Å². The Bertz CT molecular complexity index is 772. The molecule has 2 rings (SSSR count). The van der Waals surface area contributed by atoms with Crippen LogP contribution in [0.5, 0.6) is 5.75 Å². The van der Waals surface area contributed by atoms with Gasteiger partial charge in [0.1, 0.15) is 5.75 Å². The molecular formula is C17H19NO5S. The second-order valence-electron chi connectivity index (χ2n) is 5.09. The summed E-state index contributed by atoms with van der Waals surface area (Å²) in [7, 11) is -3.85. The molecule has 7 heteroatoms. The van der Waals surface area contributed by atoms with Gasteiger partial charge in [0.25, 0.3) is 0 Å². The number of ether oxygens (including phenoxy) is 1. The third-order valence-electron chi connectivity index (χ3n) is 3.32. The minimum atomic E-state index is -3.85. The van der Waals surface area contributed by atoms with Gasteiger partial charge < -0.3 is 9.84 Å². The maximum absolute atomic E-state index is 12.5. The first kappa shape index (κ1) is 18.0. The third-order valence-corrected chi connectivity index (χ3v) is 4.81. The molecule has 128 valence electrons. The number of hydrogen-bond acceptors (Lipinski definition) is 4. The fraction of sp³-hybridized carbons (Fsp3) is 0.235. The van der Waals surface area contributed by atoms with E-state index in [4.69, 9.17) is 9.84 Å². The highest BCUT2D eigenvalue weighted by Crippen LogP contribution is 2.22. The van der Waals surface area contributed by atoms with E-state index in [0.29, 0.717) is 17.9 Å². The maximum Gasteiger partial charge on any atom is 0.305 e. The van der Waals surface area contributed by atoms with Gasteiger partial charge in [-0.1, -0.05) is 30.3 Å². The Morgan fingerprint density at radius 1 is 1.12 bits per heavy atom. The molecule has 6 nitrogen and oxygen atoms in total. The average molecular weight is 349 g/mol. The molecule has 0 spiro atoms. The van der Waals surface area contributed by atoms with E-state index >= 15 is 0 Å². The predicted molar refractivity (Wildman–Crippen MR) is 89.4 cm³/mol. The quantitative estimate of drug-likeness (QED) is 0.764. The van der Waals surface area contributed by atoms with Gasteiger partial charge >= 0.3 is 5.97 Å². The van der Waals surface area contributed by atoms with Crippen LogP contribution in [0.4, 0.5) is 0 Å². The molecule has 1 atom stereocenters. The van der Waals surface area contributed by atoms with Crippen molar-refractivity contribution in [1.82, 2.24) is 4.72 Å². The lowest BCUT2D eigenvalue weighted by atomic mass is 10.1. The summed E-state index contributed by atoms with van der Waals surface area (Å²) in [5, 5.41) is 9.06. The van der Waals surface area contributed by atoms with Crippen LogP contribution in [0, 0.1) is 0 Å². The lowest BCUT2D eigenvalue weighted by Crippen LogP contribution is -2.30. The Morgan fingerprint density at radius 3 is 2.29 bits per heavy atom. The molecule has 0 aliphatic rings. The number of hydrogen-bond donors (Lipinski definition) is 2. The third kappa shape index (κ3) is 4.81. The van der Waals surface area contributed by atoms with Crippen molar-refractivity contribution in [3.8, 4) is 5.75 Å². The van der Waals surface area contributed by atoms with Crippen LogP contribution in [-0.4, -0.2) is 26.1 Å². The van der Waals surface area contributed by atoms with Crippen molar-refractivity contribution in [2.75, 3.05) is 6.61 Å². The van der Waals surface area contributed by atoms with Gasteiger partial charge in [0.15, 0.2) is 0 Å². The van der Waals surface area contributed by atoms with E-state index < -0.39 is 22.0 Å². The molecule has 0 aliphatic heterocycles. The number of nitrogens with one attached hydrogen (secondary N) is 1. The van der Waals surface area contributed by atoms with Crippen LogP contribution in [0.15, 0.2) is 59.5 Å². The fourth-order valence-corrected chi connectivity index (χ4v) is 3.45. The minimum Gasteiger partial charge on any atom is -0.494 e. The second-order valence-corrected chi connectivity index (χ2v) is 6.80. The van der Waals surface area contributed by atoms with E-state index in [9.17, 15) is 13.2 Å². The van der Waals surface area contributed by atoms with E-state index in [2.05, 4.69) is 4.72 Å². The largest absolute Gasteiger partial charge is 0.494 e. The lowest BCUT2D eigenvalue weighted by molar-refractivity contribution is -0.137. The molecule has 0 aromatic heterocycles. The molecule has 1 unspecified atom stereocenters. The van der Waals surface area contributed by atoms with Gasteiger partial charge in [0.2, 0.25) is 10.0 Å². The summed E-state index contributed by atoms with van der Waals surface area (Å²) in [6.07, 6.45) is -0.347. The van der Waals surface area contributed by atoms with Crippen molar-refractivity contribution in [3.63, 3.8) is 0 Å². The van der Waals surface area contributed by atoms with E-state index in [1.807, 2.05) is 6.92 Å². The lowest BCUT2D eigenvalue weighted by Gasteiger charge is -2.17. The van der Waals surface area contributed by atoms with Gasteiger partial charge in [-0.05, 0) is 36.8 Å². The molecule has 2 N–H and O–H groups in total. The standard InChI is InChI=1S/C17H19NO5S/c1-2-23-14-8-10-15(11-9-14)24(21,22)18-16(12-17(19)20)13-6-4-3-5-7-13/h3-11,16,18H,2,12H2,1H3,(H,19,20). The van der Waals surface area contributed by atoms with Gasteiger partial charge in [-0.3, -0.25) is 4.79 Å². The average Bonchev–Trinajstić information content (AvgIpc) is 2.55. The Kier molecular flexibility index (Phi) is 5.94. The molecule has 0 heterocycles. The molecule has 0 amide bonds. The van der Waals surface area contributed by atoms with Crippen LogP contribution in [-0.2, 0) is 14.8 Å². The summed E-state index contributed by atoms with van der Waals surface area (Å²) in [4.78, 5) is 11.1. The van der Waals surface area contributed by atoms with E-state index in [0.717, 1.165) is 0 Å². The molecule has 0 saturated heterocycles. The first-order chi connectivity index (χ1) is 11.4. The summed E-state index contributed by atoms with van der Waals surface area (Å²) >= 11 is 0. The van der Waals surface area contributed by atoms with Crippen molar-refractivity contribution in [2.45, 2.75) is 24.3 Å². The molecule has 0 aliphatic carbocycles. The number of carboxylic acid groups (broad SMARTS) is 1. The minimum absolute atomic E-state index is 0.0530. The van der Waals surface area contributed by atoms with Crippen LogP contribution < -0.4 is 9.46 Å². The number of rotatable bonds is 8. The van der Waals surface area contributed by atoms with Crippen LogP contribution >= 0.6 is 0 Å². The van der Waals surface area contributed by atoms with E-state index in [-0.39, 0.29) is 11.3 Å². The molecule has 0 fully saturated rings. The Balaban J connectivity index is 2.24. The molecule has 2 aromatic carbocycles. The Morgan fingerprint density at radius 2 is 1.75 bits per heavy atom. The highest BCUT2D eigenvalue weighted by atomic mass is 32.2. The molecule has 0 radical (unpaired) electrons. The smallest absolute Gasteiger partial charge is 0.305 e. The van der Waals surface area contributed by atoms with Gasteiger partial charge in [-0.15, -0.1) is 0 Å². The number of aliphatic carboxylic acids is 1. The van der Waals surface area contributed by atoms with Gasteiger partial charge in [-0.2, -0.15) is 0 Å². The SMILES string of the molecule is CCOc1ccc(S(=O)(=O)NC(CC(=O)O)c2ccccc2)cc1. The Labute approximate surface area is 141 Å². The highest BCUT2D eigenvalue weighted by Gasteiger charge is 2.23. The van der Waals surface area contributed by atoms with Crippen LogP contribution in [0.3, 0.4) is 0 Å². The first-order valence-corrected chi connectivity index (χ1v) is 8.92. The number of benzene rings is 2. The Hall–Kier alpha value is -2.38. The summed E-state index contributed by atoms with van der Waals surface area (Å²) in [6, 6.07) is 13.8. The number of sulfonamides is 1. The van der Waals surface area contributed by atoms with Crippen LogP contribution in [0.1, 0.15) is 24.9 Å². The van der Waals surface area contributed by atoms with E-state index in [1.165, 1.54) is 12.1 Å². The van der Waals surface area contributed by atoms with E-state index in [1.54, 1.807) is 42.5 Å². The summed E-state index contributed by atoms with van der Waals surface area (Å²) in [5.41, 5.74) is 0.592. The maximum atomic E-state index is 12.5. The van der Waals surface area contributed by atoms with Crippen molar-refractivity contribution >= 4 is 16.0 Å². The van der Waals surface area contributed by atoms with Crippen LogP contribution in [0.25, 0.3) is 0 Å². The second kappa shape index (κ2) is 7.94. The van der Waals surface area contributed by atoms with Crippen molar-refractivity contribution in [2.24, 2.45) is 0 Å². The topological polar surface area (TPSA) is 92.7 Å². The van der Waals surface area contributed by atoms with Crippen molar-refractivity contribution < 1.29 is 23.1 Å². The molecule has 24 heavy (non-hydrogen) atoms. The predicted octanol–water partition coefficient (Wildman–Crippen LogP) is 2.58. The van der Waals surface area contributed by atoms with Crippen molar-refractivity contribution in [1.29, 1.82) is 0 Å². The molecule has 0 saturated carbocycles. The summed E-state index contributed by atoms with van der Waals surface area (Å²) in [5.74, 6) is -0.514. The van der Waals surface area contributed by atoms with Crippen LogP contribution in [0.2, 0.25) is 0 Å². The first-order valence-electron chi connectivity index (χ1n) is 7.44. The van der Waals surface area contributed by atoms with Gasteiger partial charge in [-0.25, -0.2) is 13.1 Å². The van der Waals surface area contributed by atoms with Gasteiger partial charge in [0, 0.05) is 0 Å². The summed E-state index contributed by atoms with van der Waals surface area (Å²) in [6.45, 7) is 2.32. The monoisotopic (exact) mass is 349 g/mol. The highest BCUT2D eigenvalue weighted by molar-refractivity contribution is 7.89. The zero-order valence-corrected chi connectivity index (χ0v) is 14.0. The number of carbonyl (C=O) groups is 1. The van der Waals surface area contributed by atoms with Crippen molar-refractivity contribution in [3.05, 3.63) is 60.2 Å². The molecule has 2 aromatic rings. The molecular weight excluding hydrogens is 330 g/mol.